The Hall–Kier alpha value is -3.40. The van der Waals surface area contributed by atoms with E-state index in [1.54, 1.807) is 24.3 Å². The summed E-state index contributed by atoms with van der Waals surface area (Å²) in [6, 6.07) is 24.4. The Bertz CT molecular complexity index is 920. The number of nitrogens with two attached hydrogens (primary N) is 1. The van der Waals surface area contributed by atoms with E-state index in [1.807, 2.05) is 42.5 Å². The second-order valence-electron chi connectivity index (χ2n) is 6.04. The van der Waals surface area contributed by atoms with Gasteiger partial charge in [0.2, 0.25) is 5.91 Å². The van der Waals surface area contributed by atoms with Gasteiger partial charge in [-0.1, -0.05) is 54.6 Å². The lowest BCUT2D eigenvalue weighted by molar-refractivity contribution is 0.0996. The molecule has 0 aliphatic rings. The van der Waals surface area contributed by atoms with Crippen LogP contribution in [0.4, 0.5) is 5.69 Å². The van der Waals surface area contributed by atoms with E-state index in [4.69, 9.17) is 5.73 Å². The molecule has 4 nitrogen and oxygen atoms in total. The summed E-state index contributed by atoms with van der Waals surface area (Å²) < 4.78 is 0. The van der Waals surface area contributed by atoms with Crippen molar-refractivity contribution in [1.29, 1.82) is 0 Å². The van der Waals surface area contributed by atoms with Gasteiger partial charge >= 0.3 is 0 Å². The van der Waals surface area contributed by atoms with Crippen molar-refractivity contribution in [2.45, 2.75) is 12.8 Å². The molecule has 4 heteroatoms. The van der Waals surface area contributed by atoms with Crippen molar-refractivity contribution in [2.24, 2.45) is 5.73 Å². The molecule has 0 unspecified atom stereocenters. The number of hydrogen-bond donors (Lipinski definition) is 2. The predicted octanol–water partition coefficient (Wildman–Crippen LogP) is 3.82. The summed E-state index contributed by atoms with van der Waals surface area (Å²) in [6.07, 6.45) is 1.64. The molecule has 0 aliphatic heterocycles. The zero-order chi connectivity index (χ0) is 18.4. The first-order valence-electron chi connectivity index (χ1n) is 8.46. The van der Waals surface area contributed by atoms with E-state index in [9.17, 15) is 9.59 Å². The van der Waals surface area contributed by atoms with Gasteiger partial charge in [-0.05, 0) is 48.2 Å². The van der Waals surface area contributed by atoms with Crippen LogP contribution in [0, 0.1) is 0 Å². The fraction of sp³-hybridized carbons (Fsp3) is 0.0909. The van der Waals surface area contributed by atoms with E-state index >= 15 is 0 Å². The maximum absolute atomic E-state index is 12.7. The van der Waals surface area contributed by atoms with Crippen LogP contribution >= 0.6 is 0 Å². The van der Waals surface area contributed by atoms with Crippen molar-refractivity contribution < 1.29 is 9.59 Å². The highest BCUT2D eigenvalue weighted by Gasteiger charge is 2.12. The van der Waals surface area contributed by atoms with Crippen LogP contribution in [0.25, 0.3) is 0 Å². The SMILES string of the molecule is NC(=O)c1cccc(NC(=O)c2ccccc2CCc2ccccc2)c1. The first kappa shape index (κ1) is 17.4. The van der Waals surface area contributed by atoms with E-state index in [0.29, 0.717) is 16.8 Å². The topological polar surface area (TPSA) is 72.2 Å². The molecule has 2 amide bonds. The molecule has 3 N–H and O–H groups in total. The van der Waals surface area contributed by atoms with Gasteiger partial charge in [-0.15, -0.1) is 0 Å². The molecule has 0 bridgehead atoms. The number of carbonyl (C=O) groups is 2. The van der Waals surface area contributed by atoms with Crippen molar-refractivity contribution in [3.05, 3.63) is 101 Å². The third-order valence-electron chi connectivity index (χ3n) is 4.19. The standard InChI is InChI=1S/C22H20N2O2/c23-21(25)18-10-6-11-19(15-18)24-22(26)20-12-5-4-9-17(20)14-13-16-7-2-1-3-8-16/h1-12,15H,13-14H2,(H2,23,25)(H,24,26). The average Bonchev–Trinajstić information content (AvgIpc) is 2.67. The number of aryl methyl sites for hydroxylation is 2. The molecular formula is C22H20N2O2. The molecule has 0 aromatic heterocycles. The summed E-state index contributed by atoms with van der Waals surface area (Å²) in [4.78, 5) is 24.0. The van der Waals surface area contributed by atoms with Gasteiger partial charge in [-0.25, -0.2) is 0 Å². The van der Waals surface area contributed by atoms with E-state index in [-0.39, 0.29) is 5.91 Å². The largest absolute Gasteiger partial charge is 0.366 e. The van der Waals surface area contributed by atoms with Crippen LogP contribution in [-0.4, -0.2) is 11.8 Å². The molecular weight excluding hydrogens is 324 g/mol. The normalized spacial score (nSPS) is 10.3. The Kier molecular flexibility index (Phi) is 5.44. The Labute approximate surface area is 152 Å². The van der Waals surface area contributed by atoms with Crippen LogP contribution in [0.3, 0.4) is 0 Å². The zero-order valence-corrected chi connectivity index (χ0v) is 14.3. The van der Waals surface area contributed by atoms with Gasteiger partial charge in [0.15, 0.2) is 0 Å². The highest BCUT2D eigenvalue weighted by molar-refractivity contribution is 6.06. The summed E-state index contributed by atoms with van der Waals surface area (Å²) in [7, 11) is 0. The summed E-state index contributed by atoms with van der Waals surface area (Å²) >= 11 is 0. The van der Waals surface area contributed by atoms with Crippen LogP contribution in [0.5, 0.6) is 0 Å². The molecule has 0 saturated heterocycles. The number of benzene rings is 3. The van der Waals surface area contributed by atoms with Gasteiger partial charge in [0.1, 0.15) is 0 Å². The van der Waals surface area contributed by atoms with Gasteiger partial charge in [0.05, 0.1) is 0 Å². The summed E-state index contributed by atoms with van der Waals surface area (Å²) in [6.45, 7) is 0. The highest BCUT2D eigenvalue weighted by atomic mass is 16.2. The van der Waals surface area contributed by atoms with Crippen molar-refractivity contribution in [1.82, 2.24) is 0 Å². The molecule has 0 radical (unpaired) electrons. The van der Waals surface area contributed by atoms with Crippen LogP contribution < -0.4 is 11.1 Å². The molecule has 0 fully saturated rings. The third-order valence-corrected chi connectivity index (χ3v) is 4.19. The van der Waals surface area contributed by atoms with Crippen LogP contribution in [-0.2, 0) is 12.8 Å². The summed E-state index contributed by atoms with van der Waals surface area (Å²) in [5.74, 6) is -0.723. The number of rotatable bonds is 6. The minimum absolute atomic E-state index is 0.199. The fourth-order valence-electron chi connectivity index (χ4n) is 2.83. The first-order valence-corrected chi connectivity index (χ1v) is 8.46. The first-order chi connectivity index (χ1) is 12.6. The minimum Gasteiger partial charge on any atom is -0.366 e. The third kappa shape index (κ3) is 4.36. The smallest absolute Gasteiger partial charge is 0.255 e. The average molecular weight is 344 g/mol. The van der Waals surface area contributed by atoms with Crippen molar-refractivity contribution in [2.75, 3.05) is 5.32 Å². The van der Waals surface area contributed by atoms with Gasteiger partial charge in [0, 0.05) is 16.8 Å². The lowest BCUT2D eigenvalue weighted by atomic mass is 9.99. The number of primary amides is 1. The van der Waals surface area contributed by atoms with E-state index in [0.717, 1.165) is 18.4 Å². The van der Waals surface area contributed by atoms with Gasteiger partial charge in [-0.2, -0.15) is 0 Å². The maximum Gasteiger partial charge on any atom is 0.255 e. The predicted molar refractivity (Wildman–Crippen MR) is 103 cm³/mol. The molecule has 3 aromatic carbocycles. The van der Waals surface area contributed by atoms with E-state index < -0.39 is 5.91 Å². The summed E-state index contributed by atoms with van der Waals surface area (Å²) in [5.41, 5.74) is 9.05. The quantitative estimate of drug-likeness (QED) is 0.713. The Balaban J connectivity index is 1.75. The zero-order valence-electron chi connectivity index (χ0n) is 14.3. The number of hydrogen-bond acceptors (Lipinski definition) is 2. The molecule has 0 spiro atoms. The Morgan fingerprint density at radius 2 is 1.54 bits per heavy atom. The van der Waals surface area contributed by atoms with Gasteiger partial charge in [0.25, 0.3) is 5.91 Å². The van der Waals surface area contributed by atoms with E-state index in [2.05, 4.69) is 17.4 Å². The van der Waals surface area contributed by atoms with Crippen LogP contribution in [0.15, 0.2) is 78.9 Å². The molecule has 3 rings (SSSR count). The van der Waals surface area contributed by atoms with E-state index in [1.165, 1.54) is 5.56 Å². The van der Waals surface area contributed by atoms with Gasteiger partial charge < -0.3 is 11.1 Å². The van der Waals surface area contributed by atoms with Crippen LogP contribution in [0.2, 0.25) is 0 Å². The number of nitrogens with one attached hydrogen (secondary N) is 1. The number of carbonyl (C=O) groups excluding carboxylic acids is 2. The second-order valence-corrected chi connectivity index (χ2v) is 6.04. The lowest BCUT2D eigenvalue weighted by Crippen LogP contribution is -2.16. The van der Waals surface area contributed by atoms with Crippen molar-refractivity contribution >= 4 is 17.5 Å². The molecule has 3 aromatic rings. The molecule has 130 valence electrons. The monoisotopic (exact) mass is 344 g/mol. The number of amides is 2. The molecule has 0 atom stereocenters. The number of anilines is 1. The molecule has 0 saturated carbocycles. The molecule has 0 aliphatic carbocycles. The Morgan fingerprint density at radius 1 is 0.808 bits per heavy atom. The maximum atomic E-state index is 12.7. The van der Waals surface area contributed by atoms with Crippen molar-refractivity contribution in [3.8, 4) is 0 Å². The second kappa shape index (κ2) is 8.12. The minimum atomic E-state index is -0.524. The van der Waals surface area contributed by atoms with Gasteiger partial charge in [-0.3, -0.25) is 9.59 Å². The Morgan fingerprint density at radius 3 is 2.31 bits per heavy atom. The summed E-state index contributed by atoms with van der Waals surface area (Å²) in [5, 5.41) is 2.85. The van der Waals surface area contributed by atoms with Crippen LogP contribution in [0.1, 0.15) is 31.8 Å². The highest BCUT2D eigenvalue weighted by Crippen LogP contribution is 2.16. The fourth-order valence-corrected chi connectivity index (χ4v) is 2.83. The molecule has 26 heavy (non-hydrogen) atoms. The van der Waals surface area contributed by atoms with Crippen molar-refractivity contribution in [3.63, 3.8) is 0 Å². The lowest BCUT2D eigenvalue weighted by Gasteiger charge is -2.11. The molecule has 0 heterocycles.